The summed E-state index contributed by atoms with van der Waals surface area (Å²) in [4.78, 5) is 11.7. The standard InChI is InChI=1S/C23H23N5O2S/c29-31(30)21-11-5-4-10-20(21)26-23(27-31)18-9-6-14-28(15-18)16-19-12-13-24-22(25-19)17-7-2-1-3-8-17/h1-5,7-8,10-13,18H,6,9,14-16H2,(H,26,27)/t18-/m1/s1. The van der Waals surface area contributed by atoms with Crippen molar-refractivity contribution in [2.45, 2.75) is 24.3 Å². The Kier molecular flexibility index (Phi) is 5.25. The molecule has 2 aliphatic heterocycles. The number of aromatic nitrogens is 2. The highest BCUT2D eigenvalue weighted by Crippen LogP contribution is 2.30. The van der Waals surface area contributed by atoms with Crippen molar-refractivity contribution >= 4 is 21.5 Å². The van der Waals surface area contributed by atoms with Gasteiger partial charge in [0.1, 0.15) is 10.7 Å². The summed E-state index contributed by atoms with van der Waals surface area (Å²) in [6.07, 6.45) is 3.67. The zero-order valence-electron chi connectivity index (χ0n) is 17.0. The summed E-state index contributed by atoms with van der Waals surface area (Å²) < 4.78 is 29.3. The van der Waals surface area contributed by atoms with Crippen molar-refractivity contribution in [2.75, 3.05) is 18.4 Å². The number of fused-ring (bicyclic) bond motifs is 1. The van der Waals surface area contributed by atoms with Gasteiger partial charge in [0.15, 0.2) is 5.82 Å². The molecule has 0 unspecified atom stereocenters. The average Bonchev–Trinajstić information content (AvgIpc) is 2.80. The zero-order chi connectivity index (χ0) is 21.3. The molecule has 1 N–H and O–H groups in total. The molecule has 2 aliphatic rings. The molecule has 158 valence electrons. The lowest BCUT2D eigenvalue weighted by Gasteiger charge is -2.34. The second-order valence-electron chi connectivity index (χ2n) is 7.88. The fraction of sp³-hybridized carbons (Fsp3) is 0.261. The van der Waals surface area contributed by atoms with Gasteiger partial charge in [-0.1, -0.05) is 42.5 Å². The van der Waals surface area contributed by atoms with Crippen LogP contribution in [-0.4, -0.2) is 42.2 Å². The van der Waals surface area contributed by atoms with Crippen molar-refractivity contribution in [3.05, 3.63) is 72.6 Å². The van der Waals surface area contributed by atoms with E-state index in [1.54, 1.807) is 24.4 Å². The first kappa shape index (κ1) is 19.8. The molecule has 2 aromatic carbocycles. The zero-order valence-corrected chi connectivity index (χ0v) is 17.8. The minimum absolute atomic E-state index is 0.0345. The predicted molar refractivity (Wildman–Crippen MR) is 120 cm³/mol. The Labute approximate surface area is 181 Å². The van der Waals surface area contributed by atoms with Gasteiger partial charge >= 0.3 is 0 Å². The average molecular weight is 434 g/mol. The maximum Gasteiger partial charge on any atom is 0.286 e. The smallest absolute Gasteiger partial charge is 0.286 e. The van der Waals surface area contributed by atoms with Crippen LogP contribution in [0, 0.1) is 5.92 Å². The van der Waals surface area contributed by atoms with E-state index in [0.29, 0.717) is 23.9 Å². The summed E-state index contributed by atoms with van der Waals surface area (Å²) in [5.74, 6) is 1.29. The van der Waals surface area contributed by atoms with Crippen LogP contribution in [0.4, 0.5) is 5.69 Å². The van der Waals surface area contributed by atoms with Crippen LogP contribution in [0.15, 0.2) is 76.2 Å². The number of nitrogens with one attached hydrogen (secondary N) is 1. The highest BCUT2D eigenvalue weighted by atomic mass is 32.2. The van der Waals surface area contributed by atoms with Crippen molar-refractivity contribution in [3.63, 3.8) is 0 Å². The fourth-order valence-electron chi connectivity index (χ4n) is 4.17. The number of nitrogens with zero attached hydrogens (tertiary/aromatic N) is 4. The maximum atomic E-state index is 12.6. The quantitative estimate of drug-likeness (QED) is 0.677. The maximum absolute atomic E-state index is 12.6. The summed E-state index contributed by atoms with van der Waals surface area (Å²) in [7, 11) is -3.67. The summed E-state index contributed by atoms with van der Waals surface area (Å²) in [6.45, 7) is 2.36. The van der Waals surface area contributed by atoms with E-state index < -0.39 is 10.0 Å². The lowest BCUT2D eigenvalue weighted by atomic mass is 9.96. The summed E-state index contributed by atoms with van der Waals surface area (Å²) in [5, 5.41) is 3.26. The van der Waals surface area contributed by atoms with Crippen molar-refractivity contribution in [2.24, 2.45) is 10.3 Å². The molecule has 1 fully saturated rings. The van der Waals surface area contributed by atoms with Crippen molar-refractivity contribution < 1.29 is 8.42 Å². The number of piperidine rings is 1. The highest BCUT2D eigenvalue weighted by molar-refractivity contribution is 7.90. The molecule has 3 heterocycles. The van der Waals surface area contributed by atoms with Gasteiger partial charge in [-0.25, -0.2) is 9.97 Å². The monoisotopic (exact) mass is 433 g/mol. The molecular weight excluding hydrogens is 410 g/mol. The van der Waals surface area contributed by atoms with Gasteiger partial charge in [-0.15, -0.1) is 4.40 Å². The summed E-state index contributed by atoms with van der Waals surface area (Å²) in [6, 6.07) is 18.8. The molecule has 8 heteroatoms. The summed E-state index contributed by atoms with van der Waals surface area (Å²) >= 11 is 0. The fourth-order valence-corrected chi connectivity index (χ4v) is 5.37. The third-order valence-electron chi connectivity index (χ3n) is 5.67. The van der Waals surface area contributed by atoms with Gasteiger partial charge in [-0.05, 0) is 37.6 Å². The topological polar surface area (TPSA) is 87.6 Å². The number of hydrogen-bond acceptors (Lipinski definition) is 6. The molecule has 0 spiro atoms. The molecule has 31 heavy (non-hydrogen) atoms. The predicted octanol–water partition coefficient (Wildman–Crippen LogP) is 3.57. The molecule has 7 nitrogen and oxygen atoms in total. The molecule has 1 saturated heterocycles. The Bertz CT molecular complexity index is 1230. The van der Waals surface area contributed by atoms with Gasteiger partial charge in [0.2, 0.25) is 0 Å². The molecule has 0 bridgehead atoms. The molecule has 3 aromatic rings. The Hall–Kier alpha value is -3.10. The molecule has 0 radical (unpaired) electrons. The van der Waals surface area contributed by atoms with Crippen molar-refractivity contribution in [1.29, 1.82) is 0 Å². The minimum Gasteiger partial charge on any atom is -0.342 e. The summed E-state index contributed by atoms with van der Waals surface area (Å²) in [5.41, 5.74) is 2.55. The Balaban J connectivity index is 1.32. The van der Waals surface area contributed by atoms with E-state index >= 15 is 0 Å². The van der Waals surface area contributed by atoms with Crippen LogP contribution in [0.2, 0.25) is 0 Å². The Morgan fingerprint density at radius 3 is 2.71 bits per heavy atom. The van der Waals surface area contributed by atoms with Crippen molar-refractivity contribution in [3.8, 4) is 11.4 Å². The van der Waals surface area contributed by atoms with E-state index in [1.165, 1.54) is 0 Å². The second kappa shape index (κ2) is 8.20. The number of hydrogen-bond donors (Lipinski definition) is 1. The molecule has 0 saturated carbocycles. The molecule has 5 rings (SSSR count). The van der Waals surface area contributed by atoms with E-state index in [9.17, 15) is 8.42 Å². The molecule has 0 amide bonds. The normalized spacial score (nSPS) is 20.4. The van der Waals surface area contributed by atoms with Gasteiger partial charge in [0.25, 0.3) is 10.0 Å². The SMILES string of the molecule is O=S1(=O)N=C([C@@H]2CCCN(Cc3ccnc(-c4ccccc4)n3)C2)Nc2ccccc21. The van der Waals surface area contributed by atoms with Crippen LogP contribution >= 0.6 is 0 Å². The van der Waals surface area contributed by atoms with Crippen molar-refractivity contribution in [1.82, 2.24) is 14.9 Å². The molecular formula is C23H23N5O2S. The highest BCUT2D eigenvalue weighted by Gasteiger charge is 2.31. The first-order chi connectivity index (χ1) is 15.1. The third-order valence-corrected chi connectivity index (χ3v) is 7.02. The number of para-hydroxylation sites is 1. The first-order valence-electron chi connectivity index (χ1n) is 10.4. The molecule has 1 aromatic heterocycles. The van der Waals surface area contributed by atoms with Gasteiger partial charge in [-0.2, -0.15) is 8.42 Å². The van der Waals surface area contributed by atoms with Crippen LogP contribution in [0.1, 0.15) is 18.5 Å². The lowest BCUT2D eigenvalue weighted by molar-refractivity contribution is 0.194. The number of anilines is 1. The van der Waals surface area contributed by atoms with Gasteiger partial charge in [0, 0.05) is 30.8 Å². The minimum atomic E-state index is -3.67. The first-order valence-corrected chi connectivity index (χ1v) is 11.8. The van der Waals surface area contributed by atoms with Crippen LogP contribution in [0.3, 0.4) is 0 Å². The van der Waals surface area contributed by atoms with Gasteiger partial charge < -0.3 is 5.32 Å². The van der Waals surface area contributed by atoms with Crippen LogP contribution in [0.25, 0.3) is 11.4 Å². The Morgan fingerprint density at radius 1 is 1.03 bits per heavy atom. The molecule has 0 aliphatic carbocycles. The number of sulfonamides is 1. The van der Waals surface area contributed by atoms with E-state index in [-0.39, 0.29) is 10.8 Å². The van der Waals surface area contributed by atoms with E-state index in [4.69, 9.17) is 4.98 Å². The number of benzene rings is 2. The molecule has 1 atom stereocenters. The number of rotatable bonds is 4. The Morgan fingerprint density at radius 2 is 1.84 bits per heavy atom. The van der Waals surface area contributed by atoms with Gasteiger partial charge in [0.05, 0.1) is 11.4 Å². The van der Waals surface area contributed by atoms with E-state index in [1.807, 2.05) is 42.5 Å². The van der Waals surface area contributed by atoms with Crippen LogP contribution < -0.4 is 5.32 Å². The lowest BCUT2D eigenvalue weighted by Crippen LogP contribution is -2.41. The second-order valence-corrected chi connectivity index (χ2v) is 9.46. The third kappa shape index (κ3) is 4.22. The largest absolute Gasteiger partial charge is 0.342 e. The van der Waals surface area contributed by atoms with Gasteiger partial charge in [-0.3, -0.25) is 4.90 Å². The van der Waals surface area contributed by atoms with Crippen LogP contribution in [0.5, 0.6) is 0 Å². The number of likely N-dealkylation sites (tertiary alicyclic amines) is 1. The van der Waals surface area contributed by atoms with Crippen LogP contribution in [-0.2, 0) is 16.6 Å². The number of amidine groups is 1. The van der Waals surface area contributed by atoms with E-state index in [0.717, 1.165) is 37.2 Å². The van der Waals surface area contributed by atoms with E-state index in [2.05, 4.69) is 19.6 Å².